The van der Waals surface area contributed by atoms with Gasteiger partial charge in [-0.3, -0.25) is 4.98 Å². The number of hydrogen-bond acceptors (Lipinski definition) is 7. The minimum atomic E-state index is 0.613. The number of aryl methyl sites for hydroxylation is 1. The molecule has 0 aromatic carbocycles. The Bertz CT molecular complexity index is 917. The van der Waals surface area contributed by atoms with Gasteiger partial charge >= 0.3 is 0 Å². The average Bonchev–Trinajstić information content (AvgIpc) is 3.02. The molecule has 24 heavy (non-hydrogen) atoms. The molecule has 0 atom stereocenters. The van der Waals surface area contributed by atoms with Crippen LogP contribution in [0.1, 0.15) is 11.4 Å². The molecule has 0 unspecified atom stereocenters. The summed E-state index contributed by atoms with van der Waals surface area (Å²) in [6.07, 6.45) is 5.26. The zero-order chi connectivity index (χ0) is 16.5. The fourth-order valence-corrected chi connectivity index (χ4v) is 3.01. The molecule has 1 aliphatic rings. The van der Waals surface area contributed by atoms with E-state index >= 15 is 0 Å². The molecule has 0 amide bonds. The summed E-state index contributed by atoms with van der Waals surface area (Å²) in [4.78, 5) is 17.4. The summed E-state index contributed by atoms with van der Waals surface area (Å²) < 4.78 is 1.83. The van der Waals surface area contributed by atoms with Gasteiger partial charge in [0.2, 0.25) is 0 Å². The van der Waals surface area contributed by atoms with E-state index in [4.69, 9.17) is 0 Å². The van der Waals surface area contributed by atoms with Crippen molar-refractivity contribution in [2.24, 2.45) is 0 Å². The molecule has 0 radical (unpaired) electrons. The van der Waals surface area contributed by atoms with Gasteiger partial charge in [0.1, 0.15) is 17.7 Å². The quantitative estimate of drug-likeness (QED) is 0.697. The van der Waals surface area contributed by atoms with Crippen molar-refractivity contribution < 1.29 is 0 Å². The predicted molar refractivity (Wildman–Crippen MR) is 88.9 cm³/mol. The molecule has 8 nitrogen and oxygen atoms in total. The van der Waals surface area contributed by atoms with Gasteiger partial charge in [0, 0.05) is 32.4 Å². The van der Waals surface area contributed by atoms with Crippen molar-refractivity contribution in [1.82, 2.24) is 24.6 Å². The number of fused-ring (bicyclic) bond motifs is 1. The van der Waals surface area contributed by atoms with Crippen molar-refractivity contribution in [1.29, 1.82) is 5.26 Å². The van der Waals surface area contributed by atoms with Crippen LogP contribution in [0.2, 0.25) is 0 Å². The van der Waals surface area contributed by atoms with Crippen LogP contribution in [0, 0.1) is 18.3 Å². The number of rotatable bonds is 2. The van der Waals surface area contributed by atoms with Crippen LogP contribution in [0.4, 0.5) is 11.6 Å². The molecule has 0 saturated carbocycles. The molecule has 4 rings (SSSR count). The lowest BCUT2D eigenvalue weighted by Gasteiger charge is -2.36. The second-order valence-corrected chi connectivity index (χ2v) is 5.65. The zero-order valence-electron chi connectivity index (χ0n) is 13.3. The molecule has 4 heterocycles. The highest BCUT2D eigenvalue weighted by Crippen LogP contribution is 2.21. The van der Waals surface area contributed by atoms with Crippen LogP contribution in [-0.4, -0.2) is 50.7 Å². The van der Waals surface area contributed by atoms with Crippen LogP contribution in [0.3, 0.4) is 0 Å². The maximum Gasteiger partial charge on any atom is 0.176 e. The first-order valence-electron chi connectivity index (χ1n) is 7.78. The Balaban J connectivity index is 1.57. The van der Waals surface area contributed by atoms with Crippen molar-refractivity contribution in [3.05, 3.63) is 42.1 Å². The lowest BCUT2D eigenvalue weighted by molar-refractivity contribution is 0.632. The molecule has 120 valence electrons. The summed E-state index contributed by atoms with van der Waals surface area (Å²) in [5.74, 6) is 2.43. The fourth-order valence-electron chi connectivity index (χ4n) is 3.01. The van der Waals surface area contributed by atoms with E-state index < -0.39 is 0 Å². The van der Waals surface area contributed by atoms with E-state index in [0.717, 1.165) is 49.3 Å². The number of anilines is 2. The monoisotopic (exact) mass is 320 g/mol. The van der Waals surface area contributed by atoms with Gasteiger partial charge in [-0.15, -0.1) is 5.10 Å². The van der Waals surface area contributed by atoms with E-state index in [1.54, 1.807) is 24.5 Å². The van der Waals surface area contributed by atoms with E-state index in [0.29, 0.717) is 5.56 Å². The molecule has 0 aliphatic carbocycles. The first-order valence-corrected chi connectivity index (χ1v) is 7.78. The third-order valence-corrected chi connectivity index (χ3v) is 4.15. The number of nitriles is 1. The minimum absolute atomic E-state index is 0.613. The van der Waals surface area contributed by atoms with Crippen LogP contribution in [0.15, 0.2) is 30.7 Å². The summed E-state index contributed by atoms with van der Waals surface area (Å²) >= 11 is 0. The Morgan fingerprint density at radius 1 is 1.12 bits per heavy atom. The van der Waals surface area contributed by atoms with E-state index in [1.165, 1.54) is 0 Å². The van der Waals surface area contributed by atoms with Crippen molar-refractivity contribution in [3.8, 4) is 6.07 Å². The molecule has 0 bridgehead atoms. The maximum absolute atomic E-state index is 9.25. The highest BCUT2D eigenvalue weighted by molar-refractivity contribution is 5.55. The van der Waals surface area contributed by atoms with Gasteiger partial charge in [-0.1, -0.05) is 0 Å². The van der Waals surface area contributed by atoms with Crippen LogP contribution in [0.25, 0.3) is 5.65 Å². The normalized spacial score (nSPS) is 14.8. The van der Waals surface area contributed by atoms with Gasteiger partial charge < -0.3 is 9.80 Å². The predicted octanol–water partition coefficient (Wildman–Crippen LogP) is 1.03. The first-order chi connectivity index (χ1) is 11.8. The smallest absolute Gasteiger partial charge is 0.176 e. The molecular formula is C16H16N8. The third-order valence-electron chi connectivity index (χ3n) is 4.15. The number of nitrogens with zero attached hydrogens (tertiary/aromatic N) is 8. The van der Waals surface area contributed by atoms with Crippen molar-refractivity contribution >= 4 is 17.3 Å². The van der Waals surface area contributed by atoms with Crippen molar-refractivity contribution in [2.75, 3.05) is 36.0 Å². The second kappa shape index (κ2) is 5.77. The standard InChI is InChI=1S/C16H16N8/c1-12-20-14-10-18-11-15(24(14)21-12)22-5-7-23(8-6-22)16-13(9-17)3-2-4-19-16/h2-4,10-11H,5-8H2,1H3. The highest BCUT2D eigenvalue weighted by atomic mass is 15.4. The lowest BCUT2D eigenvalue weighted by Crippen LogP contribution is -2.47. The van der Waals surface area contributed by atoms with Gasteiger partial charge in [0.15, 0.2) is 11.5 Å². The number of aromatic nitrogens is 5. The van der Waals surface area contributed by atoms with Gasteiger partial charge in [-0.2, -0.15) is 9.78 Å². The molecular weight excluding hydrogens is 304 g/mol. The van der Waals surface area contributed by atoms with E-state index in [-0.39, 0.29) is 0 Å². The topological polar surface area (TPSA) is 86.2 Å². The first kappa shape index (κ1) is 14.4. The molecule has 1 aliphatic heterocycles. The fraction of sp³-hybridized carbons (Fsp3) is 0.312. The Morgan fingerprint density at radius 2 is 1.92 bits per heavy atom. The zero-order valence-corrected chi connectivity index (χ0v) is 13.3. The summed E-state index contributed by atoms with van der Waals surface area (Å²) in [6, 6.07) is 5.81. The van der Waals surface area contributed by atoms with E-state index in [1.807, 2.05) is 17.6 Å². The molecule has 1 saturated heterocycles. The largest absolute Gasteiger partial charge is 0.352 e. The Kier molecular flexibility index (Phi) is 3.46. The van der Waals surface area contributed by atoms with Crippen molar-refractivity contribution in [2.45, 2.75) is 6.92 Å². The van der Waals surface area contributed by atoms with Crippen LogP contribution < -0.4 is 9.80 Å². The SMILES string of the molecule is Cc1nc2cncc(N3CCN(c4ncccc4C#N)CC3)n2n1. The van der Waals surface area contributed by atoms with E-state index in [2.05, 4.69) is 35.9 Å². The van der Waals surface area contributed by atoms with Gasteiger partial charge in [-0.05, 0) is 19.1 Å². The van der Waals surface area contributed by atoms with Crippen LogP contribution in [-0.2, 0) is 0 Å². The van der Waals surface area contributed by atoms with Crippen LogP contribution in [0.5, 0.6) is 0 Å². The maximum atomic E-state index is 9.25. The Hall–Kier alpha value is -3.21. The van der Waals surface area contributed by atoms with E-state index in [9.17, 15) is 5.26 Å². The molecule has 1 fully saturated rings. The average molecular weight is 320 g/mol. The summed E-state index contributed by atoms with van der Waals surface area (Å²) in [7, 11) is 0. The molecule has 3 aromatic heterocycles. The Labute approximate surface area is 139 Å². The minimum Gasteiger partial charge on any atom is -0.352 e. The van der Waals surface area contributed by atoms with Gasteiger partial charge in [0.05, 0.1) is 18.0 Å². The number of hydrogen-bond donors (Lipinski definition) is 0. The molecule has 0 N–H and O–H groups in total. The molecule has 3 aromatic rings. The summed E-state index contributed by atoms with van der Waals surface area (Å²) in [5.41, 5.74) is 1.37. The third kappa shape index (κ3) is 2.40. The molecule has 0 spiro atoms. The van der Waals surface area contributed by atoms with Gasteiger partial charge in [0.25, 0.3) is 0 Å². The molecule has 8 heteroatoms. The van der Waals surface area contributed by atoms with Crippen molar-refractivity contribution in [3.63, 3.8) is 0 Å². The number of piperazine rings is 1. The Morgan fingerprint density at radius 3 is 2.71 bits per heavy atom. The summed E-state index contributed by atoms with van der Waals surface area (Å²) in [5, 5.41) is 13.7. The lowest BCUT2D eigenvalue weighted by atomic mass is 10.2. The highest BCUT2D eigenvalue weighted by Gasteiger charge is 2.22. The second-order valence-electron chi connectivity index (χ2n) is 5.65. The van der Waals surface area contributed by atoms with Crippen LogP contribution >= 0.6 is 0 Å². The number of pyridine rings is 1. The van der Waals surface area contributed by atoms with Gasteiger partial charge in [-0.25, -0.2) is 9.97 Å². The summed E-state index contributed by atoms with van der Waals surface area (Å²) in [6.45, 7) is 5.06.